The molecule has 0 bridgehead atoms. The molecule has 0 saturated heterocycles. The average molecular weight is 346 g/mol. The van der Waals surface area contributed by atoms with Gasteiger partial charge < -0.3 is 15.5 Å². The maximum absolute atomic E-state index is 12.3. The molecule has 7 heteroatoms. The quantitative estimate of drug-likeness (QED) is 0.779. The van der Waals surface area contributed by atoms with Crippen LogP contribution in [0, 0.1) is 5.41 Å². The van der Waals surface area contributed by atoms with E-state index in [0.717, 1.165) is 0 Å². The second-order valence-electron chi connectivity index (χ2n) is 5.77. The molecule has 0 saturated carbocycles. The van der Waals surface area contributed by atoms with E-state index in [1.54, 1.807) is 32.0 Å². The molecule has 0 aromatic heterocycles. The molecule has 0 unspecified atom stereocenters. The van der Waals surface area contributed by atoms with Crippen LogP contribution in [-0.4, -0.2) is 43.9 Å². The number of anilines is 1. The van der Waals surface area contributed by atoms with Crippen molar-refractivity contribution in [3.63, 3.8) is 0 Å². The first-order valence-electron chi connectivity index (χ1n) is 6.84. The van der Waals surface area contributed by atoms with Crippen molar-refractivity contribution in [3.8, 4) is 0 Å². The van der Waals surface area contributed by atoms with Gasteiger partial charge in [0.05, 0.1) is 10.0 Å². The van der Waals surface area contributed by atoms with Gasteiger partial charge in [-0.05, 0) is 46.1 Å². The maximum atomic E-state index is 12.3. The van der Waals surface area contributed by atoms with Gasteiger partial charge in [-0.2, -0.15) is 0 Å². The van der Waals surface area contributed by atoms with Gasteiger partial charge >= 0.3 is 0 Å². The third-order valence-electron chi connectivity index (χ3n) is 3.16. The molecule has 0 aliphatic rings. The number of benzene rings is 1. The molecule has 5 nitrogen and oxygen atoms in total. The van der Waals surface area contributed by atoms with Crippen LogP contribution in [0.4, 0.5) is 5.69 Å². The summed E-state index contributed by atoms with van der Waals surface area (Å²) >= 11 is 11.7. The van der Waals surface area contributed by atoms with E-state index in [0.29, 0.717) is 28.8 Å². The number of nitrogens with one attached hydrogen (secondary N) is 2. The van der Waals surface area contributed by atoms with Crippen LogP contribution < -0.4 is 10.6 Å². The summed E-state index contributed by atoms with van der Waals surface area (Å²) in [6.07, 6.45) is 0. The Hall–Kier alpha value is -1.30. The Morgan fingerprint density at radius 2 is 1.77 bits per heavy atom. The summed E-state index contributed by atoms with van der Waals surface area (Å²) in [4.78, 5) is 26.4. The van der Waals surface area contributed by atoms with E-state index < -0.39 is 11.3 Å². The van der Waals surface area contributed by atoms with Crippen LogP contribution >= 0.6 is 23.2 Å². The van der Waals surface area contributed by atoms with Gasteiger partial charge in [0, 0.05) is 18.8 Å². The number of likely N-dealkylation sites (N-methyl/N-ethyl adjacent to an activating group) is 1. The van der Waals surface area contributed by atoms with Gasteiger partial charge in [-0.3, -0.25) is 9.59 Å². The molecule has 122 valence electrons. The predicted octanol–water partition coefficient (Wildman–Crippen LogP) is 2.64. The first-order valence-corrected chi connectivity index (χ1v) is 7.59. The fraction of sp³-hybridized carbons (Fsp3) is 0.467. The van der Waals surface area contributed by atoms with Crippen LogP contribution in [0.1, 0.15) is 13.8 Å². The van der Waals surface area contributed by atoms with Gasteiger partial charge in [0.2, 0.25) is 11.8 Å². The van der Waals surface area contributed by atoms with Crippen molar-refractivity contribution < 1.29 is 9.59 Å². The minimum Gasteiger partial charge on any atom is -0.354 e. The summed E-state index contributed by atoms with van der Waals surface area (Å²) in [6, 6.07) is 4.76. The van der Waals surface area contributed by atoms with Gasteiger partial charge in [-0.1, -0.05) is 23.2 Å². The van der Waals surface area contributed by atoms with Crippen LogP contribution in [0.3, 0.4) is 0 Å². The minimum atomic E-state index is -1.20. The number of nitrogens with zero attached hydrogens (tertiary/aromatic N) is 1. The summed E-state index contributed by atoms with van der Waals surface area (Å²) in [5, 5.41) is 6.17. The van der Waals surface area contributed by atoms with Crippen LogP contribution in [0.5, 0.6) is 0 Å². The van der Waals surface area contributed by atoms with E-state index in [9.17, 15) is 9.59 Å². The molecule has 0 spiro atoms. The molecule has 0 atom stereocenters. The monoisotopic (exact) mass is 345 g/mol. The van der Waals surface area contributed by atoms with Gasteiger partial charge in [-0.25, -0.2) is 0 Å². The third kappa shape index (κ3) is 5.16. The Labute approximate surface area is 141 Å². The lowest BCUT2D eigenvalue weighted by atomic mass is 9.91. The second kappa shape index (κ2) is 7.81. The summed E-state index contributed by atoms with van der Waals surface area (Å²) in [7, 11) is 3.82. The van der Waals surface area contributed by atoms with Gasteiger partial charge in [0.25, 0.3) is 0 Å². The number of hydrogen-bond acceptors (Lipinski definition) is 3. The molecule has 22 heavy (non-hydrogen) atoms. The van der Waals surface area contributed by atoms with Crippen LogP contribution in [0.25, 0.3) is 0 Å². The van der Waals surface area contributed by atoms with Crippen molar-refractivity contribution in [2.75, 3.05) is 32.5 Å². The highest BCUT2D eigenvalue weighted by Crippen LogP contribution is 2.26. The van der Waals surface area contributed by atoms with Crippen LogP contribution in [0.2, 0.25) is 10.0 Å². The lowest BCUT2D eigenvalue weighted by molar-refractivity contribution is -0.138. The van der Waals surface area contributed by atoms with Crippen LogP contribution in [-0.2, 0) is 9.59 Å². The van der Waals surface area contributed by atoms with E-state index in [2.05, 4.69) is 10.6 Å². The molecular formula is C15H21Cl2N3O2. The molecule has 1 aromatic carbocycles. The zero-order valence-corrected chi connectivity index (χ0v) is 14.7. The van der Waals surface area contributed by atoms with E-state index in [4.69, 9.17) is 23.2 Å². The standard InChI is InChI=1S/C15H21Cl2N3O2/c1-15(2,13(21)18-7-8-20(3)4)14(22)19-10-5-6-11(16)12(17)9-10/h5-6,9H,7-8H2,1-4H3,(H,18,21)(H,19,22). The number of hydrogen-bond donors (Lipinski definition) is 2. The highest BCUT2D eigenvalue weighted by Gasteiger charge is 2.35. The Morgan fingerprint density at radius 3 is 2.32 bits per heavy atom. The number of rotatable bonds is 6. The van der Waals surface area contributed by atoms with Gasteiger partial charge in [-0.15, -0.1) is 0 Å². The zero-order valence-electron chi connectivity index (χ0n) is 13.2. The molecule has 0 radical (unpaired) electrons. The van der Waals surface area contributed by atoms with E-state index in [1.807, 2.05) is 19.0 Å². The molecule has 0 aliphatic heterocycles. The van der Waals surface area contributed by atoms with Crippen molar-refractivity contribution >= 4 is 40.7 Å². The Bertz CT molecular complexity index is 560. The second-order valence-corrected chi connectivity index (χ2v) is 6.58. The normalized spacial score (nSPS) is 11.4. The smallest absolute Gasteiger partial charge is 0.239 e. The van der Waals surface area contributed by atoms with E-state index >= 15 is 0 Å². The number of halogens is 2. The summed E-state index contributed by atoms with van der Waals surface area (Å²) < 4.78 is 0. The molecule has 0 aliphatic carbocycles. The fourth-order valence-corrected chi connectivity index (χ4v) is 1.88. The van der Waals surface area contributed by atoms with Crippen molar-refractivity contribution in [2.24, 2.45) is 5.41 Å². The number of amides is 2. The molecule has 2 N–H and O–H groups in total. The van der Waals surface area contributed by atoms with Crippen molar-refractivity contribution in [1.29, 1.82) is 0 Å². The minimum absolute atomic E-state index is 0.327. The summed E-state index contributed by atoms with van der Waals surface area (Å²) in [5.74, 6) is -0.736. The highest BCUT2D eigenvalue weighted by molar-refractivity contribution is 6.42. The Balaban J connectivity index is 2.68. The predicted molar refractivity (Wildman–Crippen MR) is 90.4 cm³/mol. The largest absolute Gasteiger partial charge is 0.354 e. The Kier molecular flexibility index (Phi) is 6.66. The molecule has 1 rings (SSSR count). The molecule has 1 aromatic rings. The zero-order chi connectivity index (χ0) is 16.9. The van der Waals surface area contributed by atoms with Crippen molar-refractivity contribution in [3.05, 3.63) is 28.2 Å². The highest BCUT2D eigenvalue weighted by atomic mass is 35.5. The molecule has 0 fully saturated rings. The first kappa shape index (κ1) is 18.7. The van der Waals surface area contributed by atoms with Crippen molar-refractivity contribution in [2.45, 2.75) is 13.8 Å². The average Bonchev–Trinajstić information content (AvgIpc) is 2.42. The number of carbonyl (C=O) groups is 2. The summed E-state index contributed by atoms with van der Waals surface area (Å²) in [6.45, 7) is 4.33. The van der Waals surface area contributed by atoms with Gasteiger partial charge in [0.15, 0.2) is 0 Å². The topological polar surface area (TPSA) is 61.4 Å². The fourth-order valence-electron chi connectivity index (χ4n) is 1.58. The molecule has 2 amide bonds. The molecule has 0 heterocycles. The lowest BCUT2D eigenvalue weighted by Gasteiger charge is -2.23. The first-order chi connectivity index (χ1) is 10.1. The molecular weight excluding hydrogens is 325 g/mol. The van der Waals surface area contributed by atoms with E-state index in [1.165, 1.54) is 0 Å². The van der Waals surface area contributed by atoms with Crippen LogP contribution in [0.15, 0.2) is 18.2 Å². The summed E-state index contributed by atoms with van der Waals surface area (Å²) in [5.41, 5.74) is -0.702. The van der Waals surface area contributed by atoms with Crippen molar-refractivity contribution in [1.82, 2.24) is 10.2 Å². The van der Waals surface area contributed by atoms with Gasteiger partial charge in [0.1, 0.15) is 5.41 Å². The number of carbonyl (C=O) groups excluding carboxylic acids is 2. The third-order valence-corrected chi connectivity index (χ3v) is 3.90. The lowest BCUT2D eigenvalue weighted by Crippen LogP contribution is -2.46. The Morgan fingerprint density at radius 1 is 1.14 bits per heavy atom. The maximum Gasteiger partial charge on any atom is 0.239 e. The SMILES string of the molecule is CN(C)CCNC(=O)C(C)(C)C(=O)Nc1ccc(Cl)c(Cl)c1. The van der Waals surface area contributed by atoms with E-state index in [-0.39, 0.29) is 5.91 Å².